The van der Waals surface area contributed by atoms with E-state index in [1.165, 1.54) is 44.9 Å². The lowest BCUT2D eigenvalue weighted by Crippen LogP contribution is -2.52. The predicted octanol–water partition coefficient (Wildman–Crippen LogP) is 3.36. The Hall–Kier alpha value is -0.0800. The molecule has 0 aromatic rings. The Balaban J connectivity index is 1.62. The molecule has 0 bridgehead atoms. The average molecular weight is 278 g/mol. The normalized spacial score (nSPS) is 58.6. The monoisotopic (exact) mass is 278 g/mol. The summed E-state index contributed by atoms with van der Waals surface area (Å²) in [5.74, 6) is 3.61. The Morgan fingerprint density at radius 1 is 0.800 bits per heavy atom. The van der Waals surface area contributed by atoms with Gasteiger partial charge >= 0.3 is 0 Å². The Morgan fingerprint density at radius 3 is 2.30 bits per heavy atom. The van der Waals surface area contributed by atoms with E-state index in [0.29, 0.717) is 17.8 Å². The van der Waals surface area contributed by atoms with Crippen LogP contribution in [0, 0.1) is 35.0 Å². The lowest BCUT2D eigenvalue weighted by Gasteiger charge is -2.56. The van der Waals surface area contributed by atoms with Crippen molar-refractivity contribution in [2.45, 2.75) is 76.9 Å². The summed E-state index contributed by atoms with van der Waals surface area (Å²) in [6.07, 6.45) is 10.9. The first-order valence-corrected chi connectivity index (χ1v) is 8.97. The molecule has 0 heterocycles. The third kappa shape index (κ3) is 1.76. The second kappa shape index (κ2) is 4.71. The highest BCUT2D eigenvalue weighted by atomic mass is 16.3. The lowest BCUT2D eigenvalue weighted by molar-refractivity contribution is -0.121. The van der Waals surface area contributed by atoms with E-state index in [2.05, 4.69) is 6.92 Å². The molecule has 2 N–H and O–H groups in total. The Bertz CT molecular complexity index is 382. The molecule has 20 heavy (non-hydrogen) atoms. The predicted molar refractivity (Wildman–Crippen MR) is 79.1 cm³/mol. The van der Waals surface area contributed by atoms with Crippen LogP contribution in [-0.4, -0.2) is 22.4 Å². The molecule has 8 atom stereocenters. The number of aliphatic hydroxyl groups excluding tert-OH is 2. The largest absolute Gasteiger partial charge is 0.393 e. The first-order valence-electron chi connectivity index (χ1n) is 8.97. The summed E-state index contributed by atoms with van der Waals surface area (Å²) in [6, 6.07) is 0. The fourth-order valence-electron chi connectivity index (χ4n) is 6.81. The molecule has 4 saturated carbocycles. The molecule has 4 rings (SSSR count). The summed E-state index contributed by atoms with van der Waals surface area (Å²) in [6.45, 7) is 2.32. The number of rotatable bonds is 0. The van der Waals surface area contributed by atoms with Crippen molar-refractivity contribution in [2.75, 3.05) is 0 Å². The van der Waals surface area contributed by atoms with Gasteiger partial charge < -0.3 is 10.2 Å². The van der Waals surface area contributed by atoms with Crippen LogP contribution < -0.4 is 0 Å². The van der Waals surface area contributed by atoms with E-state index >= 15 is 0 Å². The number of hydrogen-bond acceptors (Lipinski definition) is 2. The molecule has 2 heteroatoms. The molecule has 0 amide bonds. The van der Waals surface area contributed by atoms with Crippen LogP contribution in [0.25, 0.3) is 0 Å². The van der Waals surface area contributed by atoms with Gasteiger partial charge in [-0.3, -0.25) is 0 Å². The van der Waals surface area contributed by atoms with Crippen molar-refractivity contribution in [3.8, 4) is 0 Å². The fourth-order valence-corrected chi connectivity index (χ4v) is 6.81. The fraction of sp³-hybridized carbons (Fsp3) is 1.00. The van der Waals surface area contributed by atoms with Crippen LogP contribution in [0.1, 0.15) is 64.7 Å². The second-order valence-electron chi connectivity index (χ2n) is 8.49. The molecule has 4 aliphatic carbocycles. The molecule has 2 unspecified atom stereocenters. The minimum atomic E-state index is -0.0883. The van der Waals surface area contributed by atoms with Gasteiger partial charge in [0.25, 0.3) is 0 Å². The third-order valence-electron chi connectivity index (χ3n) is 7.88. The van der Waals surface area contributed by atoms with Crippen LogP contribution in [0.5, 0.6) is 0 Å². The first kappa shape index (κ1) is 13.6. The van der Waals surface area contributed by atoms with Gasteiger partial charge in [0.15, 0.2) is 0 Å². The van der Waals surface area contributed by atoms with Crippen molar-refractivity contribution < 1.29 is 10.2 Å². The highest BCUT2D eigenvalue weighted by Gasteiger charge is 2.57. The van der Waals surface area contributed by atoms with Gasteiger partial charge in [0.05, 0.1) is 12.2 Å². The second-order valence-corrected chi connectivity index (χ2v) is 8.49. The van der Waals surface area contributed by atoms with Gasteiger partial charge in [0.2, 0.25) is 0 Å². The van der Waals surface area contributed by atoms with Gasteiger partial charge in [-0.15, -0.1) is 0 Å². The topological polar surface area (TPSA) is 40.5 Å². The zero-order valence-corrected chi connectivity index (χ0v) is 12.8. The van der Waals surface area contributed by atoms with E-state index in [0.717, 1.165) is 24.7 Å². The highest BCUT2D eigenvalue weighted by Crippen LogP contribution is 2.62. The van der Waals surface area contributed by atoms with E-state index in [1.807, 2.05) is 0 Å². The van der Waals surface area contributed by atoms with Crippen molar-refractivity contribution in [3.05, 3.63) is 0 Å². The maximum absolute atomic E-state index is 10.7. The van der Waals surface area contributed by atoms with Crippen LogP contribution in [0.15, 0.2) is 0 Å². The smallest absolute Gasteiger partial charge is 0.0596 e. The number of hydrogen-bond donors (Lipinski definition) is 2. The molecule has 0 radical (unpaired) electrons. The van der Waals surface area contributed by atoms with E-state index in [-0.39, 0.29) is 17.6 Å². The van der Waals surface area contributed by atoms with Gasteiger partial charge in [-0.1, -0.05) is 19.8 Å². The van der Waals surface area contributed by atoms with Crippen molar-refractivity contribution in [3.63, 3.8) is 0 Å². The van der Waals surface area contributed by atoms with Gasteiger partial charge in [-0.25, -0.2) is 0 Å². The van der Waals surface area contributed by atoms with Crippen LogP contribution in [0.4, 0.5) is 0 Å². The number of fused-ring (bicyclic) bond motifs is 5. The summed E-state index contributed by atoms with van der Waals surface area (Å²) in [5, 5.41) is 21.1. The first-order chi connectivity index (χ1) is 9.61. The van der Waals surface area contributed by atoms with Crippen LogP contribution in [-0.2, 0) is 0 Å². The third-order valence-corrected chi connectivity index (χ3v) is 7.88. The Labute approximate surface area is 123 Å². The van der Waals surface area contributed by atoms with Crippen LogP contribution in [0.3, 0.4) is 0 Å². The molecule has 0 aliphatic heterocycles. The molecule has 114 valence electrons. The van der Waals surface area contributed by atoms with Crippen molar-refractivity contribution in [1.29, 1.82) is 0 Å². The molecule has 0 aromatic carbocycles. The SMILES string of the molecule is C[C@]12CC[C@H]3[C@@H](CC(O)C4CCCC[C@@H]43)[C@@H]1CC[C@@H]2O. The van der Waals surface area contributed by atoms with Crippen LogP contribution >= 0.6 is 0 Å². The Kier molecular flexibility index (Phi) is 3.20. The lowest BCUT2D eigenvalue weighted by atomic mass is 9.50. The quantitative estimate of drug-likeness (QED) is 0.713. The average Bonchev–Trinajstić information content (AvgIpc) is 2.76. The van der Waals surface area contributed by atoms with E-state index in [1.54, 1.807) is 0 Å². The maximum atomic E-state index is 10.7. The van der Waals surface area contributed by atoms with Gasteiger partial charge in [-0.05, 0) is 80.0 Å². The zero-order valence-electron chi connectivity index (χ0n) is 12.8. The maximum Gasteiger partial charge on any atom is 0.0596 e. The van der Waals surface area contributed by atoms with E-state index < -0.39 is 0 Å². The van der Waals surface area contributed by atoms with Crippen LogP contribution in [0.2, 0.25) is 0 Å². The van der Waals surface area contributed by atoms with E-state index in [9.17, 15) is 10.2 Å². The summed E-state index contributed by atoms with van der Waals surface area (Å²) in [7, 11) is 0. The highest BCUT2D eigenvalue weighted by molar-refractivity contribution is 5.07. The molecule has 0 spiro atoms. The zero-order chi connectivity index (χ0) is 13.9. The molecular formula is C18H30O2. The summed E-state index contributed by atoms with van der Waals surface area (Å²) < 4.78 is 0. The molecule has 4 aliphatic rings. The molecular weight excluding hydrogens is 248 g/mol. The summed E-state index contributed by atoms with van der Waals surface area (Å²) in [5.41, 5.74) is 0.155. The van der Waals surface area contributed by atoms with Gasteiger partial charge in [0.1, 0.15) is 0 Å². The minimum Gasteiger partial charge on any atom is -0.393 e. The van der Waals surface area contributed by atoms with E-state index in [4.69, 9.17) is 0 Å². The van der Waals surface area contributed by atoms with Crippen molar-refractivity contribution in [1.82, 2.24) is 0 Å². The molecule has 4 fully saturated rings. The molecule has 0 saturated heterocycles. The van der Waals surface area contributed by atoms with Crippen molar-refractivity contribution >= 4 is 0 Å². The van der Waals surface area contributed by atoms with Crippen molar-refractivity contribution in [2.24, 2.45) is 35.0 Å². The standard InChI is InChI=1S/C18H30O2/c1-18-9-8-12-11-4-2-3-5-13(11)16(19)10-14(12)15(18)6-7-17(18)20/h11-17,19-20H,2-10H2,1H3/t11-,12-,13?,14-,15+,16?,17+,18+/m1/s1. The molecule has 0 aromatic heterocycles. The van der Waals surface area contributed by atoms with Gasteiger partial charge in [0, 0.05) is 0 Å². The minimum absolute atomic E-state index is 0.0540. The summed E-state index contributed by atoms with van der Waals surface area (Å²) in [4.78, 5) is 0. The summed E-state index contributed by atoms with van der Waals surface area (Å²) >= 11 is 0. The van der Waals surface area contributed by atoms with Gasteiger partial charge in [-0.2, -0.15) is 0 Å². The Morgan fingerprint density at radius 2 is 1.50 bits per heavy atom. The number of aliphatic hydroxyl groups is 2. The molecule has 2 nitrogen and oxygen atoms in total.